The molecule has 20 heavy (non-hydrogen) atoms. The minimum Gasteiger partial charge on any atom is -0.481 e. The first-order chi connectivity index (χ1) is 9.28. The number of para-hydroxylation sites is 1. The maximum atomic E-state index is 5.80. The van der Waals surface area contributed by atoms with E-state index in [1.54, 1.807) is 13.2 Å². The molecular weight excluding hydrogens is 367 g/mol. The lowest BCUT2D eigenvalue weighted by atomic mass is 10.3. The lowest BCUT2D eigenvalue weighted by Gasteiger charge is -2.05. The van der Waals surface area contributed by atoms with Gasteiger partial charge in [-0.2, -0.15) is 0 Å². The monoisotopic (exact) mass is 384 g/mol. The third kappa shape index (κ3) is 5.04. The summed E-state index contributed by atoms with van der Waals surface area (Å²) in [5.41, 5.74) is 7.51. The topological polar surface area (TPSA) is 72.5 Å². The molecule has 6 heteroatoms. The molecule has 2 aromatic rings. The second-order valence-electron chi connectivity index (χ2n) is 3.86. The molecular formula is C14H17IN4O. The Balaban J connectivity index is 0.00000200. The van der Waals surface area contributed by atoms with Gasteiger partial charge < -0.3 is 15.8 Å². The van der Waals surface area contributed by atoms with Crippen molar-refractivity contribution in [1.82, 2.24) is 4.98 Å². The molecule has 1 aromatic heterocycles. The molecule has 1 heterocycles. The highest BCUT2D eigenvalue weighted by Gasteiger charge is 1.98. The Bertz CT molecular complexity index is 560. The molecule has 0 radical (unpaired) electrons. The zero-order valence-corrected chi connectivity index (χ0v) is 13.4. The van der Waals surface area contributed by atoms with Crippen LogP contribution in [-0.2, 0) is 6.54 Å². The van der Waals surface area contributed by atoms with Crippen LogP contribution >= 0.6 is 24.0 Å². The second kappa shape index (κ2) is 8.36. The predicted molar refractivity (Wildman–Crippen MR) is 91.6 cm³/mol. The number of benzene rings is 1. The average Bonchev–Trinajstić information content (AvgIpc) is 2.46. The molecule has 2 rings (SSSR count). The molecule has 0 atom stereocenters. The number of guanidine groups is 1. The van der Waals surface area contributed by atoms with Crippen molar-refractivity contribution < 1.29 is 4.74 Å². The summed E-state index contributed by atoms with van der Waals surface area (Å²) >= 11 is 0. The number of nitrogens with one attached hydrogen (secondary N) is 1. The highest BCUT2D eigenvalue weighted by Crippen LogP contribution is 2.08. The predicted octanol–water partition coefficient (Wildman–Crippen LogP) is 2.64. The fourth-order valence-electron chi connectivity index (χ4n) is 1.53. The maximum absolute atomic E-state index is 5.80. The Morgan fingerprint density at radius 2 is 1.95 bits per heavy atom. The van der Waals surface area contributed by atoms with Crippen molar-refractivity contribution in [3.05, 3.63) is 54.2 Å². The van der Waals surface area contributed by atoms with Gasteiger partial charge in [0.25, 0.3) is 0 Å². The van der Waals surface area contributed by atoms with E-state index in [0.29, 0.717) is 18.4 Å². The van der Waals surface area contributed by atoms with Crippen molar-refractivity contribution in [1.29, 1.82) is 0 Å². The first kappa shape index (κ1) is 16.2. The summed E-state index contributed by atoms with van der Waals surface area (Å²) in [6.45, 7) is 0.406. The van der Waals surface area contributed by atoms with Crippen molar-refractivity contribution in [3.8, 4) is 5.88 Å². The third-order valence-electron chi connectivity index (χ3n) is 2.45. The first-order valence-electron chi connectivity index (χ1n) is 5.90. The largest absolute Gasteiger partial charge is 0.481 e. The molecule has 0 fully saturated rings. The smallest absolute Gasteiger partial charge is 0.213 e. The number of hydrogen-bond donors (Lipinski definition) is 2. The third-order valence-corrected chi connectivity index (χ3v) is 2.45. The van der Waals surface area contributed by atoms with Crippen LogP contribution in [0.4, 0.5) is 5.69 Å². The van der Waals surface area contributed by atoms with Crippen LogP contribution in [-0.4, -0.2) is 18.1 Å². The number of aliphatic imine (C=N–C) groups is 1. The standard InChI is InChI=1S/C14H16N4O.HI/c1-19-13-9-5-8-12(17-13)10-16-14(15)18-11-6-3-2-4-7-11;/h2-9H,10H2,1H3,(H3,15,16,18);1H. The van der Waals surface area contributed by atoms with Crippen LogP contribution in [0.15, 0.2) is 53.5 Å². The normalized spacial score (nSPS) is 10.6. The number of nitrogens with zero attached hydrogens (tertiary/aromatic N) is 2. The van der Waals surface area contributed by atoms with E-state index >= 15 is 0 Å². The number of hydrogen-bond acceptors (Lipinski definition) is 3. The van der Waals surface area contributed by atoms with Crippen molar-refractivity contribution in [3.63, 3.8) is 0 Å². The van der Waals surface area contributed by atoms with E-state index in [4.69, 9.17) is 10.5 Å². The molecule has 0 bridgehead atoms. The van der Waals surface area contributed by atoms with Gasteiger partial charge in [0.2, 0.25) is 5.88 Å². The van der Waals surface area contributed by atoms with Crippen LogP contribution in [0.3, 0.4) is 0 Å². The number of anilines is 1. The number of pyridine rings is 1. The Morgan fingerprint density at radius 1 is 1.20 bits per heavy atom. The highest BCUT2D eigenvalue weighted by molar-refractivity contribution is 14.0. The SMILES string of the molecule is COc1cccc(CN=C(N)Nc2ccccc2)n1.I. The van der Waals surface area contributed by atoms with Gasteiger partial charge in [-0.1, -0.05) is 24.3 Å². The Morgan fingerprint density at radius 3 is 2.65 bits per heavy atom. The Hall–Kier alpha value is -1.83. The van der Waals surface area contributed by atoms with Crippen LogP contribution in [0.5, 0.6) is 5.88 Å². The molecule has 0 aliphatic carbocycles. The summed E-state index contributed by atoms with van der Waals surface area (Å²) in [4.78, 5) is 8.49. The van der Waals surface area contributed by atoms with E-state index < -0.39 is 0 Å². The van der Waals surface area contributed by atoms with E-state index in [9.17, 15) is 0 Å². The number of aromatic nitrogens is 1. The minimum absolute atomic E-state index is 0. The van der Waals surface area contributed by atoms with E-state index in [2.05, 4.69) is 15.3 Å². The van der Waals surface area contributed by atoms with Gasteiger partial charge in [-0.15, -0.1) is 24.0 Å². The van der Waals surface area contributed by atoms with Crippen LogP contribution in [0.2, 0.25) is 0 Å². The van der Waals surface area contributed by atoms with Crippen molar-refractivity contribution >= 4 is 35.6 Å². The number of nitrogens with two attached hydrogens (primary N) is 1. The van der Waals surface area contributed by atoms with E-state index in [1.807, 2.05) is 42.5 Å². The van der Waals surface area contributed by atoms with Crippen LogP contribution in [0.1, 0.15) is 5.69 Å². The molecule has 5 nitrogen and oxygen atoms in total. The molecule has 0 unspecified atom stereocenters. The molecule has 0 aliphatic heterocycles. The summed E-state index contributed by atoms with van der Waals surface area (Å²) < 4.78 is 5.05. The number of halogens is 1. The van der Waals surface area contributed by atoms with Crippen molar-refractivity contribution in [2.24, 2.45) is 10.7 Å². The summed E-state index contributed by atoms with van der Waals surface area (Å²) in [6.07, 6.45) is 0. The van der Waals surface area contributed by atoms with Crippen LogP contribution in [0, 0.1) is 0 Å². The average molecular weight is 384 g/mol. The first-order valence-corrected chi connectivity index (χ1v) is 5.90. The van der Waals surface area contributed by atoms with Gasteiger partial charge in [0.15, 0.2) is 5.96 Å². The fraction of sp³-hybridized carbons (Fsp3) is 0.143. The molecule has 106 valence electrons. The number of rotatable bonds is 4. The zero-order chi connectivity index (χ0) is 13.5. The van der Waals surface area contributed by atoms with Crippen LogP contribution < -0.4 is 15.8 Å². The van der Waals surface area contributed by atoms with Crippen LogP contribution in [0.25, 0.3) is 0 Å². The lowest BCUT2D eigenvalue weighted by Crippen LogP contribution is -2.22. The summed E-state index contributed by atoms with van der Waals surface area (Å²) in [7, 11) is 1.58. The fourth-order valence-corrected chi connectivity index (χ4v) is 1.53. The van der Waals surface area contributed by atoms with Gasteiger partial charge in [0.1, 0.15) is 0 Å². The van der Waals surface area contributed by atoms with Gasteiger partial charge in [0.05, 0.1) is 19.3 Å². The zero-order valence-electron chi connectivity index (χ0n) is 11.1. The van der Waals surface area contributed by atoms with Gasteiger partial charge in [0, 0.05) is 11.8 Å². The molecule has 0 saturated heterocycles. The van der Waals surface area contributed by atoms with E-state index in [0.717, 1.165) is 11.4 Å². The van der Waals surface area contributed by atoms with Crippen molar-refractivity contribution in [2.45, 2.75) is 6.54 Å². The molecule has 0 saturated carbocycles. The maximum Gasteiger partial charge on any atom is 0.213 e. The Kier molecular flexibility index (Phi) is 6.78. The molecule has 0 aliphatic rings. The molecule has 3 N–H and O–H groups in total. The highest BCUT2D eigenvalue weighted by atomic mass is 127. The minimum atomic E-state index is 0. The van der Waals surface area contributed by atoms with Gasteiger partial charge >= 0.3 is 0 Å². The van der Waals surface area contributed by atoms with Crippen molar-refractivity contribution in [2.75, 3.05) is 12.4 Å². The summed E-state index contributed by atoms with van der Waals surface area (Å²) in [5, 5.41) is 3.01. The molecule has 0 spiro atoms. The quantitative estimate of drug-likeness (QED) is 0.483. The van der Waals surface area contributed by atoms with Gasteiger partial charge in [-0.3, -0.25) is 0 Å². The van der Waals surface area contributed by atoms with Gasteiger partial charge in [-0.05, 0) is 18.2 Å². The molecule has 0 amide bonds. The Labute approximate surface area is 135 Å². The lowest BCUT2D eigenvalue weighted by molar-refractivity contribution is 0.396. The van der Waals surface area contributed by atoms with E-state index in [1.165, 1.54) is 0 Å². The number of methoxy groups -OCH3 is 1. The summed E-state index contributed by atoms with van der Waals surface area (Å²) in [6, 6.07) is 15.2. The molecule has 1 aromatic carbocycles. The van der Waals surface area contributed by atoms with E-state index in [-0.39, 0.29) is 24.0 Å². The second-order valence-corrected chi connectivity index (χ2v) is 3.86. The number of ether oxygens (including phenoxy) is 1. The van der Waals surface area contributed by atoms with Gasteiger partial charge in [-0.25, -0.2) is 9.98 Å². The summed E-state index contributed by atoms with van der Waals surface area (Å²) in [5.74, 6) is 0.929.